The number of aromatic nitrogens is 1. The van der Waals surface area contributed by atoms with Crippen LogP contribution in [-0.4, -0.2) is 27.2 Å². The summed E-state index contributed by atoms with van der Waals surface area (Å²) < 4.78 is 2.17. The summed E-state index contributed by atoms with van der Waals surface area (Å²) in [5.41, 5.74) is 6.55. The van der Waals surface area contributed by atoms with E-state index in [0.717, 1.165) is 39.3 Å². The van der Waals surface area contributed by atoms with E-state index in [0.29, 0.717) is 4.91 Å². The largest absolute Gasteiger partial charge is 0.318 e. The van der Waals surface area contributed by atoms with E-state index < -0.39 is 0 Å². The monoisotopic (exact) mass is 364 g/mol. The fourth-order valence-corrected chi connectivity index (χ4v) is 4.06. The highest BCUT2D eigenvalue weighted by molar-refractivity contribution is 8.18. The molecule has 1 aromatic heterocycles. The molecule has 0 N–H and O–H groups in total. The van der Waals surface area contributed by atoms with Gasteiger partial charge in [0.25, 0.3) is 11.1 Å². The van der Waals surface area contributed by atoms with E-state index in [4.69, 9.17) is 6.42 Å². The molecule has 0 unspecified atom stereocenters. The van der Waals surface area contributed by atoms with Crippen LogP contribution in [-0.2, 0) is 4.79 Å². The first kappa shape index (κ1) is 18.1. The zero-order valence-corrected chi connectivity index (χ0v) is 16.1. The van der Waals surface area contributed by atoms with Crippen LogP contribution < -0.4 is 0 Å². The Morgan fingerprint density at radius 1 is 1.15 bits per heavy atom. The van der Waals surface area contributed by atoms with E-state index in [1.165, 1.54) is 11.1 Å². The molecular formula is C21H20N2O2S. The topological polar surface area (TPSA) is 42.3 Å². The summed E-state index contributed by atoms with van der Waals surface area (Å²) in [7, 11) is 0. The number of imide groups is 1. The van der Waals surface area contributed by atoms with Crippen LogP contribution in [0.4, 0.5) is 4.79 Å². The quantitative estimate of drug-likeness (QED) is 0.599. The highest BCUT2D eigenvalue weighted by atomic mass is 32.2. The standard InChI is InChI=1S/C21H20N2O2S/c1-6-9-22-20(24)19(26-21(22)25)12-17-11-15(4)23(16(17)5)18-8-7-13(2)10-14(18)3/h1,7-8,10-12H,9H2,2-5H3/b19-12-. The maximum absolute atomic E-state index is 12.4. The van der Waals surface area contributed by atoms with Gasteiger partial charge in [-0.05, 0) is 68.8 Å². The summed E-state index contributed by atoms with van der Waals surface area (Å²) in [5, 5.41) is -0.317. The maximum Gasteiger partial charge on any atom is 0.294 e. The van der Waals surface area contributed by atoms with E-state index in [2.05, 4.69) is 42.5 Å². The van der Waals surface area contributed by atoms with Gasteiger partial charge in [-0.2, -0.15) is 0 Å². The second kappa shape index (κ2) is 6.89. The minimum absolute atomic E-state index is 0.00356. The van der Waals surface area contributed by atoms with Gasteiger partial charge in [-0.3, -0.25) is 14.5 Å². The smallest absolute Gasteiger partial charge is 0.294 e. The predicted octanol–water partition coefficient (Wildman–Crippen LogP) is 4.38. The number of amides is 2. The molecule has 0 bridgehead atoms. The lowest BCUT2D eigenvalue weighted by Gasteiger charge is -2.13. The van der Waals surface area contributed by atoms with Crippen molar-refractivity contribution in [3.8, 4) is 18.0 Å². The van der Waals surface area contributed by atoms with Crippen molar-refractivity contribution in [3.05, 3.63) is 57.2 Å². The molecule has 2 amide bonds. The highest BCUT2D eigenvalue weighted by Crippen LogP contribution is 2.33. The molecule has 2 heterocycles. The van der Waals surface area contributed by atoms with Gasteiger partial charge in [0.1, 0.15) is 0 Å². The number of carbonyl (C=O) groups is 2. The summed E-state index contributed by atoms with van der Waals surface area (Å²) in [6.07, 6.45) is 7.02. The molecule has 2 aromatic rings. The van der Waals surface area contributed by atoms with Crippen molar-refractivity contribution in [2.24, 2.45) is 0 Å². The number of nitrogens with zero attached hydrogens (tertiary/aromatic N) is 2. The molecule has 3 rings (SSSR count). The molecule has 0 saturated carbocycles. The number of rotatable bonds is 3. The molecule has 1 aromatic carbocycles. The van der Waals surface area contributed by atoms with Crippen LogP contribution >= 0.6 is 11.8 Å². The third-order valence-electron chi connectivity index (χ3n) is 4.47. The van der Waals surface area contributed by atoms with Crippen LogP contribution in [0.15, 0.2) is 29.2 Å². The molecule has 1 aliphatic heterocycles. The molecule has 1 saturated heterocycles. The van der Waals surface area contributed by atoms with Crippen LogP contribution in [0.5, 0.6) is 0 Å². The summed E-state index contributed by atoms with van der Waals surface area (Å²) in [5.74, 6) is 2.03. The van der Waals surface area contributed by atoms with Gasteiger partial charge in [-0.15, -0.1) is 6.42 Å². The van der Waals surface area contributed by atoms with Crippen LogP contribution in [0, 0.1) is 40.0 Å². The fourth-order valence-electron chi connectivity index (χ4n) is 3.23. The Labute approximate surface area is 157 Å². The van der Waals surface area contributed by atoms with E-state index in [9.17, 15) is 9.59 Å². The van der Waals surface area contributed by atoms with Crippen LogP contribution in [0.3, 0.4) is 0 Å². The van der Waals surface area contributed by atoms with Crippen molar-refractivity contribution < 1.29 is 9.59 Å². The Balaban J connectivity index is 2.03. The first-order valence-electron chi connectivity index (χ1n) is 8.29. The van der Waals surface area contributed by atoms with E-state index in [1.54, 1.807) is 6.08 Å². The summed E-state index contributed by atoms with van der Waals surface area (Å²) in [6.45, 7) is 8.22. The Kier molecular flexibility index (Phi) is 4.80. The Morgan fingerprint density at radius 2 is 1.88 bits per heavy atom. The van der Waals surface area contributed by atoms with Gasteiger partial charge in [-0.25, -0.2) is 0 Å². The normalized spacial score (nSPS) is 15.8. The zero-order chi connectivity index (χ0) is 19.0. The minimum atomic E-state index is -0.325. The van der Waals surface area contributed by atoms with Crippen LogP contribution in [0.1, 0.15) is 28.1 Å². The summed E-state index contributed by atoms with van der Waals surface area (Å²) in [4.78, 5) is 25.9. The first-order chi connectivity index (χ1) is 12.3. The minimum Gasteiger partial charge on any atom is -0.318 e. The van der Waals surface area contributed by atoms with Gasteiger partial charge < -0.3 is 4.57 Å². The number of terminal acetylenes is 1. The molecule has 132 valence electrons. The Bertz CT molecular complexity index is 992. The van der Waals surface area contributed by atoms with E-state index in [1.807, 2.05) is 19.9 Å². The highest BCUT2D eigenvalue weighted by Gasteiger charge is 2.34. The second-order valence-electron chi connectivity index (χ2n) is 6.42. The van der Waals surface area contributed by atoms with Gasteiger partial charge in [0.05, 0.1) is 11.4 Å². The van der Waals surface area contributed by atoms with Gasteiger partial charge in [0.15, 0.2) is 0 Å². The molecule has 26 heavy (non-hydrogen) atoms. The fraction of sp³-hybridized carbons (Fsp3) is 0.238. The molecule has 0 spiro atoms. The number of thioether (sulfide) groups is 1. The van der Waals surface area contributed by atoms with Crippen molar-refractivity contribution in [1.29, 1.82) is 0 Å². The van der Waals surface area contributed by atoms with Crippen LogP contribution in [0.25, 0.3) is 11.8 Å². The van der Waals surface area contributed by atoms with Crippen LogP contribution in [0.2, 0.25) is 0 Å². The summed E-state index contributed by atoms with van der Waals surface area (Å²) in [6, 6.07) is 8.38. The Morgan fingerprint density at radius 3 is 2.54 bits per heavy atom. The molecular weight excluding hydrogens is 344 g/mol. The maximum atomic E-state index is 12.4. The SMILES string of the molecule is C#CCN1C(=O)S/C(=C\c2cc(C)n(-c3ccc(C)cc3C)c2C)C1=O. The zero-order valence-electron chi connectivity index (χ0n) is 15.3. The van der Waals surface area contributed by atoms with E-state index >= 15 is 0 Å². The molecule has 1 aliphatic rings. The van der Waals surface area contributed by atoms with E-state index in [-0.39, 0.29) is 17.7 Å². The van der Waals surface area contributed by atoms with Crippen molar-refractivity contribution in [3.63, 3.8) is 0 Å². The van der Waals surface area contributed by atoms with Gasteiger partial charge in [-0.1, -0.05) is 23.6 Å². The lowest BCUT2D eigenvalue weighted by Crippen LogP contribution is -2.28. The molecule has 0 radical (unpaired) electrons. The summed E-state index contributed by atoms with van der Waals surface area (Å²) >= 11 is 0.935. The van der Waals surface area contributed by atoms with Gasteiger partial charge in [0.2, 0.25) is 0 Å². The third-order valence-corrected chi connectivity index (χ3v) is 5.38. The van der Waals surface area contributed by atoms with Crippen molar-refractivity contribution in [2.75, 3.05) is 6.54 Å². The lowest BCUT2D eigenvalue weighted by molar-refractivity contribution is -0.122. The van der Waals surface area contributed by atoms with Gasteiger partial charge in [0, 0.05) is 17.1 Å². The van der Waals surface area contributed by atoms with Gasteiger partial charge >= 0.3 is 0 Å². The predicted molar refractivity (Wildman–Crippen MR) is 106 cm³/mol. The number of hydrogen-bond acceptors (Lipinski definition) is 3. The number of benzene rings is 1. The molecule has 1 fully saturated rings. The molecule has 0 aliphatic carbocycles. The molecule has 4 nitrogen and oxygen atoms in total. The lowest BCUT2D eigenvalue weighted by atomic mass is 10.1. The average molecular weight is 364 g/mol. The molecule has 5 heteroatoms. The van der Waals surface area contributed by atoms with Crippen molar-refractivity contribution in [2.45, 2.75) is 27.7 Å². The van der Waals surface area contributed by atoms with Crippen molar-refractivity contribution in [1.82, 2.24) is 9.47 Å². The number of hydrogen-bond donors (Lipinski definition) is 0. The number of carbonyl (C=O) groups excluding carboxylic acids is 2. The average Bonchev–Trinajstić information content (AvgIpc) is 2.99. The first-order valence-corrected chi connectivity index (χ1v) is 9.10. The third kappa shape index (κ3) is 3.09. The van der Waals surface area contributed by atoms with Crippen molar-refractivity contribution >= 4 is 29.0 Å². The second-order valence-corrected chi connectivity index (χ2v) is 7.42. The Hall–Kier alpha value is -2.71. The molecule has 0 atom stereocenters. The number of aryl methyl sites for hydroxylation is 3.